The van der Waals surface area contributed by atoms with Crippen molar-refractivity contribution < 1.29 is 14.4 Å². The first-order valence-electron chi connectivity index (χ1n) is 10.1. The second-order valence-electron chi connectivity index (χ2n) is 7.83. The Hall–Kier alpha value is -3.13. The number of carbonyl (C=O) groups is 3. The minimum Gasteiger partial charge on any atom is -0.308 e. The molecule has 31 heavy (non-hydrogen) atoms. The van der Waals surface area contributed by atoms with Gasteiger partial charge in [-0.1, -0.05) is 48.0 Å². The lowest BCUT2D eigenvalue weighted by molar-refractivity contribution is -0.139. The summed E-state index contributed by atoms with van der Waals surface area (Å²) < 4.78 is 0. The minimum atomic E-state index is -1.35. The molecule has 2 heterocycles. The van der Waals surface area contributed by atoms with E-state index in [4.69, 9.17) is 0 Å². The number of hydrazone groups is 1. The molecule has 1 spiro atoms. The maximum atomic E-state index is 13.9. The van der Waals surface area contributed by atoms with E-state index in [9.17, 15) is 14.4 Å². The number of hydrogen-bond donors (Lipinski definition) is 1. The van der Waals surface area contributed by atoms with Crippen LogP contribution < -0.4 is 10.2 Å². The summed E-state index contributed by atoms with van der Waals surface area (Å²) in [5.74, 6) is -0.897. The lowest BCUT2D eigenvalue weighted by atomic mass is 10.0. The number of amidine groups is 1. The number of nitrogens with one attached hydrogen (secondary N) is 1. The molecular formula is C23H24N4O3S. The van der Waals surface area contributed by atoms with E-state index in [1.165, 1.54) is 18.9 Å². The van der Waals surface area contributed by atoms with Crippen LogP contribution in [-0.4, -0.2) is 34.4 Å². The highest BCUT2D eigenvalue weighted by Crippen LogP contribution is 2.55. The summed E-state index contributed by atoms with van der Waals surface area (Å²) in [6.45, 7) is 7.16. The molecule has 8 heteroatoms. The average Bonchev–Trinajstić information content (AvgIpc) is 3.19. The van der Waals surface area contributed by atoms with Gasteiger partial charge in [0.15, 0.2) is 5.17 Å². The fourth-order valence-electron chi connectivity index (χ4n) is 4.24. The molecule has 160 valence electrons. The zero-order valence-electron chi connectivity index (χ0n) is 17.9. The van der Waals surface area contributed by atoms with E-state index in [0.717, 1.165) is 39.7 Å². The monoisotopic (exact) mass is 436 g/mol. The zero-order chi connectivity index (χ0) is 22.3. The van der Waals surface area contributed by atoms with Gasteiger partial charge in [-0.15, -0.1) is 5.10 Å². The van der Waals surface area contributed by atoms with Crippen LogP contribution in [0.25, 0.3) is 0 Å². The van der Waals surface area contributed by atoms with Crippen LogP contribution in [0.1, 0.15) is 36.1 Å². The van der Waals surface area contributed by atoms with E-state index < -0.39 is 4.87 Å². The Balaban J connectivity index is 1.80. The van der Waals surface area contributed by atoms with Crippen molar-refractivity contribution in [3.05, 3.63) is 64.7 Å². The van der Waals surface area contributed by atoms with Gasteiger partial charge in [-0.25, -0.2) is 0 Å². The summed E-state index contributed by atoms with van der Waals surface area (Å²) in [6.07, 6.45) is 0.680. The Morgan fingerprint density at radius 2 is 1.84 bits per heavy atom. The van der Waals surface area contributed by atoms with Crippen molar-refractivity contribution in [2.75, 3.05) is 11.4 Å². The van der Waals surface area contributed by atoms with Gasteiger partial charge >= 0.3 is 0 Å². The van der Waals surface area contributed by atoms with Crippen LogP contribution in [0.4, 0.5) is 5.69 Å². The number of nitrogens with zero attached hydrogens (tertiary/aromatic N) is 3. The number of aryl methyl sites for hydroxylation is 2. The summed E-state index contributed by atoms with van der Waals surface area (Å²) in [7, 11) is 0. The van der Waals surface area contributed by atoms with Gasteiger partial charge in [0.1, 0.15) is 0 Å². The molecule has 7 nitrogen and oxygen atoms in total. The maximum absolute atomic E-state index is 13.9. The van der Waals surface area contributed by atoms with Gasteiger partial charge in [0, 0.05) is 26.0 Å². The number of amides is 3. The first-order valence-corrected chi connectivity index (χ1v) is 10.9. The lowest BCUT2D eigenvalue weighted by Gasteiger charge is -2.29. The summed E-state index contributed by atoms with van der Waals surface area (Å²) in [5.41, 5.74) is 4.62. The van der Waals surface area contributed by atoms with Gasteiger partial charge in [0.05, 0.1) is 5.69 Å². The summed E-state index contributed by atoms with van der Waals surface area (Å²) in [4.78, 5) is 38.6. The van der Waals surface area contributed by atoms with Crippen molar-refractivity contribution >= 4 is 40.3 Å². The predicted molar refractivity (Wildman–Crippen MR) is 121 cm³/mol. The Bertz CT molecular complexity index is 1120. The van der Waals surface area contributed by atoms with E-state index >= 15 is 0 Å². The van der Waals surface area contributed by atoms with Crippen LogP contribution >= 0.6 is 11.8 Å². The van der Waals surface area contributed by atoms with Gasteiger partial charge in [0.25, 0.3) is 5.91 Å². The Labute approximate surface area is 185 Å². The molecule has 4 rings (SSSR count). The molecule has 2 aromatic carbocycles. The largest absolute Gasteiger partial charge is 0.308 e. The maximum Gasteiger partial charge on any atom is 0.270 e. The lowest BCUT2D eigenvalue weighted by Crippen LogP contribution is -2.49. The second kappa shape index (κ2) is 7.85. The van der Waals surface area contributed by atoms with Gasteiger partial charge in [-0.3, -0.25) is 14.4 Å². The molecule has 2 aliphatic rings. The van der Waals surface area contributed by atoms with Gasteiger partial charge < -0.3 is 10.2 Å². The molecule has 0 aliphatic carbocycles. The van der Waals surface area contributed by atoms with Gasteiger partial charge in [0.2, 0.25) is 16.7 Å². The van der Waals surface area contributed by atoms with Crippen LogP contribution in [0.5, 0.6) is 0 Å². The van der Waals surface area contributed by atoms with Crippen LogP contribution in [0.15, 0.2) is 47.6 Å². The normalized spacial score (nSPS) is 19.6. The van der Waals surface area contributed by atoms with Crippen LogP contribution in [0.3, 0.4) is 0 Å². The first kappa shape index (κ1) is 21.1. The molecule has 0 saturated heterocycles. The third-order valence-corrected chi connectivity index (χ3v) is 6.64. The highest BCUT2D eigenvalue weighted by molar-refractivity contribution is 8.15. The number of rotatable bonds is 3. The second-order valence-corrected chi connectivity index (χ2v) is 9.02. The topological polar surface area (TPSA) is 82.1 Å². The number of benzene rings is 2. The zero-order valence-corrected chi connectivity index (χ0v) is 18.7. The van der Waals surface area contributed by atoms with Crippen molar-refractivity contribution in [2.24, 2.45) is 5.10 Å². The van der Waals surface area contributed by atoms with Crippen molar-refractivity contribution in [3.8, 4) is 0 Å². The number of fused-ring (bicyclic) bond motifs is 2. The number of thioether (sulfide) groups is 1. The molecule has 3 amide bonds. The van der Waals surface area contributed by atoms with E-state index in [1.54, 1.807) is 4.90 Å². The van der Waals surface area contributed by atoms with Crippen molar-refractivity contribution in [1.82, 2.24) is 10.3 Å². The highest BCUT2D eigenvalue weighted by atomic mass is 32.2. The van der Waals surface area contributed by atoms with Crippen molar-refractivity contribution in [1.29, 1.82) is 0 Å². The molecule has 2 aliphatic heterocycles. The number of anilines is 1. The van der Waals surface area contributed by atoms with E-state index in [2.05, 4.69) is 10.4 Å². The van der Waals surface area contributed by atoms with Crippen molar-refractivity contribution in [3.63, 3.8) is 0 Å². The standard InChI is InChI=1S/C23H24N4O3S/c1-14-12-15(2)20-19(13-14)23(27(17(4)29)25-22(31-23)24-16(3)28)21(30)26(20)11-10-18-8-6-5-7-9-18/h5-9,12-13H,10-11H2,1-4H3,(H,24,25,28). The molecular weight excluding hydrogens is 412 g/mol. The van der Waals surface area contributed by atoms with E-state index in [-0.39, 0.29) is 22.9 Å². The molecule has 1 N–H and O–H groups in total. The Kier molecular flexibility index (Phi) is 5.35. The molecule has 2 aromatic rings. The van der Waals surface area contributed by atoms with Crippen molar-refractivity contribution in [2.45, 2.75) is 39.0 Å². The molecule has 0 saturated carbocycles. The minimum absolute atomic E-state index is 0.226. The molecule has 1 atom stereocenters. The van der Waals surface area contributed by atoms with E-state index in [1.807, 2.05) is 56.3 Å². The highest BCUT2D eigenvalue weighted by Gasteiger charge is 2.61. The summed E-state index contributed by atoms with van der Waals surface area (Å²) in [5, 5.41) is 8.40. The van der Waals surface area contributed by atoms with Gasteiger partial charge in [-0.2, -0.15) is 5.01 Å². The molecule has 1 unspecified atom stereocenters. The van der Waals surface area contributed by atoms with Crippen LogP contribution in [0, 0.1) is 13.8 Å². The molecule has 0 radical (unpaired) electrons. The SMILES string of the molecule is CC(=O)NC1=NN(C(C)=O)C2(S1)C(=O)N(CCc1ccccc1)c1c(C)cc(C)cc12. The molecule has 0 fully saturated rings. The number of carbonyl (C=O) groups excluding carboxylic acids is 3. The summed E-state index contributed by atoms with van der Waals surface area (Å²) >= 11 is 1.11. The Morgan fingerprint density at radius 3 is 2.48 bits per heavy atom. The molecule has 0 aromatic heterocycles. The fourth-order valence-corrected chi connectivity index (χ4v) is 5.55. The van der Waals surface area contributed by atoms with Crippen LogP contribution in [0.2, 0.25) is 0 Å². The third-order valence-electron chi connectivity index (χ3n) is 5.40. The van der Waals surface area contributed by atoms with Gasteiger partial charge in [-0.05, 0) is 43.2 Å². The fraction of sp³-hybridized carbons (Fsp3) is 0.304. The predicted octanol–water partition coefficient (Wildman–Crippen LogP) is 3.05. The van der Waals surface area contributed by atoms with Crippen LogP contribution in [-0.2, 0) is 25.7 Å². The molecule has 0 bridgehead atoms. The Morgan fingerprint density at radius 1 is 1.13 bits per heavy atom. The number of hydrogen-bond acceptors (Lipinski definition) is 5. The quantitative estimate of drug-likeness (QED) is 0.802. The summed E-state index contributed by atoms with van der Waals surface area (Å²) in [6, 6.07) is 14.0. The smallest absolute Gasteiger partial charge is 0.270 e. The van der Waals surface area contributed by atoms with E-state index in [0.29, 0.717) is 13.0 Å². The first-order chi connectivity index (χ1) is 14.7. The third kappa shape index (κ3) is 3.50. The average molecular weight is 437 g/mol.